The largest absolute Gasteiger partial charge is 0.346 e. The summed E-state index contributed by atoms with van der Waals surface area (Å²) in [6, 6.07) is 14.0. The third-order valence-corrected chi connectivity index (χ3v) is 6.58. The molecule has 0 bridgehead atoms. The molecule has 5 rings (SSSR count). The molecule has 0 unspecified atom stereocenters. The quantitative estimate of drug-likeness (QED) is 0.634. The molecule has 2 heterocycles. The highest BCUT2D eigenvalue weighted by molar-refractivity contribution is 6.13. The van der Waals surface area contributed by atoms with Crippen LogP contribution < -0.4 is 4.90 Å². The molecule has 0 spiro atoms. The number of nitrogens with zero attached hydrogens (tertiary/aromatic N) is 2. The molecular weight excluding hydrogens is 384 g/mol. The van der Waals surface area contributed by atoms with E-state index in [1.165, 1.54) is 0 Å². The number of hydrogen-bond acceptors (Lipinski definition) is 3. The van der Waals surface area contributed by atoms with Crippen molar-refractivity contribution in [3.05, 3.63) is 94.5 Å². The maximum Gasteiger partial charge on any atom is 0.263 e. The Morgan fingerprint density at radius 3 is 2.71 bits per heavy atom. The van der Waals surface area contributed by atoms with Crippen LogP contribution in [0.3, 0.4) is 0 Å². The minimum atomic E-state index is -0.0503. The summed E-state index contributed by atoms with van der Waals surface area (Å²) < 4.78 is 0. The molecule has 3 aliphatic rings. The zero-order chi connectivity index (χ0) is 21.5. The van der Waals surface area contributed by atoms with Crippen LogP contribution in [0.5, 0.6) is 0 Å². The molecule has 1 aliphatic carbocycles. The number of benzene rings is 2. The molecule has 156 valence electrons. The Hall–Kier alpha value is -3.40. The topological polar surface area (TPSA) is 40.6 Å². The lowest BCUT2D eigenvalue weighted by atomic mass is 9.83. The van der Waals surface area contributed by atoms with Gasteiger partial charge in [0, 0.05) is 43.0 Å². The molecule has 0 atom stereocenters. The minimum Gasteiger partial charge on any atom is -0.346 e. The first-order chi connectivity index (χ1) is 15.0. The van der Waals surface area contributed by atoms with Crippen molar-refractivity contribution < 1.29 is 9.59 Å². The SMILES string of the molecule is CC1=C(c2c(C)cccc2C(=O)N2C=C3CC=CN3Cc3ccccc32)CCCC1=O. The Kier molecular flexibility index (Phi) is 4.85. The fourth-order valence-corrected chi connectivity index (χ4v) is 4.90. The van der Waals surface area contributed by atoms with Gasteiger partial charge >= 0.3 is 0 Å². The van der Waals surface area contributed by atoms with E-state index in [9.17, 15) is 9.59 Å². The number of carbonyl (C=O) groups excluding carboxylic acids is 2. The number of hydrogen-bond donors (Lipinski definition) is 0. The van der Waals surface area contributed by atoms with E-state index in [2.05, 4.69) is 23.2 Å². The molecule has 1 amide bonds. The number of amides is 1. The van der Waals surface area contributed by atoms with Crippen molar-refractivity contribution in [2.45, 2.75) is 46.1 Å². The Morgan fingerprint density at radius 2 is 1.84 bits per heavy atom. The van der Waals surface area contributed by atoms with Gasteiger partial charge in [-0.3, -0.25) is 14.5 Å². The van der Waals surface area contributed by atoms with Gasteiger partial charge < -0.3 is 4.90 Å². The number of carbonyl (C=O) groups is 2. The molecule has 0 N–H and O–H groups in total. The molecule has 2 aromatic rings. The summed E-state index contributed by atoms with van der Waals surface area (Å²) in [5.41, 5.74) is 7.60. The van der Waals surface area contributed by atoms with Crippen LogP contribution in [0.1, 0.15) is 59.7 Å². The minimum absolute atomic E-state index is 0.0503. The second-order valence-corrected chi connectivity index (χ2v) is 8.52. The van der Waals surface area contributed by atoms with E-state index < -0.39 is 0 Å². The zero-order valence-corrected chi connectivity index (χ0v) is 18.0. The number of allylic oxidation sites excluding steroid dienone is 3. The summed E-state index contributed by atoms with van der Waals surface area (Å²) in [5.74, 6) is 0.142. The molecule has 0 aromatic heterocycles. The Morgan fingerprint density at radius 1 is 1.00 bits per heavy atom. The summed E-state index contributed by atoms with van der Waals surface area (Å²) >= 11 is 0. The lowest BCUT2D eigenvalue weighted by Crippen LogP contribution is -2.27. The third-order valence-electron chi connectivity index (χ3n) is 6.58. The third kappa shape index (κ3) is 3.32. The second kappa shape index (κ2) is 7.69. The number of Topliss-reactive ketones (excluding diaryl/α,β-unsaturated/α-hetero) is 1. The molecular formula is C27H26N2O2. The van der Waals surface area contributed by atoms with E-state index in [1.807, 2.05) is 56.4 Å². The van der Waals surface area contributed by atoms with E-state index in [0.29, 0.717) is 12.0 Å². The smallest absolute Gasteiger partial charge is 0.263 e. The van der Waals surface area contributed by atoms with Crippen LogP contribution in [0.25, 0.3) is 5.57 Å². The van der Waals surface area contributed by atoms with Crippen LogP contribution in [0.15, 0.2) is 72.2 Å². The van der Waals surface area contributed by atoms with Crippen LogP contribution >= 0.6 is 0 Å². The Labute approximate surface area is 183 Å². The van der Waals surface area contributed by atoms with Crippen molar-refractivity contribution in [1.29, 1.82) is 0 Å². The van der Waals surface area contributed by atoms with Crippen molar-refractivity contribution in [2.24, 2.45) is 0 Å². The van der Waals surface area contributed by atoms with Crippen LogP contribution in [-0.4, -0.2) is 16.6 Å². The monoisotopic (exact) mass is 410 g/mol. The molecule has 0 radical (unpaired) electrons. The van der Waals surface area contributed by atoms with Gasteiger partial charge in [0.05, 0.1) is 5.69 Å². The standard InChI is InChI=1S/C27H26N2O2/c1-18-8-5-12-23(26(18)22-11-6-14-25(30)19(22)2)27(31)29-17-21-10-7-15-28(21)16-20-9-3-4-13-24(20)29/h3-5,7-9,12-13,15,17H,6,10-11,14,16H2,1-2H3. The van der Waals surface area contributed by atoms with Crippen LogP contribution in [0.2, 0.25) is 0 Å². The number of aryl methyl sites for hydroxylation is 1. The van der Waals surface area contributed by atoms with Crippen LogP contribution in [0.4, 0.5) is 5.69 Å². The van der Waals surface area contributed by atoms with E-state index in [-0.39, 0.29) is 11.7 Å². The molecule has 4 heteroatoms. The Bertz CT molecular complexity index is 1190. The average molecular weight is 411 g/mol. The van der Waals surface area contributed by atoms with Gasteiger partial charge in [0.15, 0.2) is 5.78 Å². The van der Waals surface area contributed by atoms with E-state index in [1.54, 1.807) is 4.90 Å². The van der Waals surface area contributed by atoms with Gasteiger partial charge in [-0.25, -0.2) is 0 Å². The number of para-hydroxylation sites is 1. The average Bonchev–Trinajstić information content (AvgIpc) is 3.14. The van der Waals surface area contributed by atoms with Gasteiger partial charge in [0.25, 0.3) is 5.91 Å². The number of ketones is 1. The van der Waals surface area contributed by atoms with Crippen molar-refractivity contribution in [2.75, 3.05) is 4.90 Å². The molecule has 0 fully saturated rings. The molecule has 0 saturated carbocycles. The first kappa shape index (κ1) is 19.6. The fraction of sp³-hybridized carbons (Fsp3) is 0.259. The van der Waals surface area contributed by atoms with Gasteiger partial charge in [0.2, 0.25) is 0 Å². The normalized spacial score (nSPS) is 18.0. The van der Waals surface area contributed by atoms with Crippen molar-refractivity contribution >= 4 is 23.0 Å². The maximum absolute atomic E-state index is 14.0. The fourth-order valence-electron chi connectivity index (χ4n) is 4.90. The molecule has 2 aromatic carbocycles. The summed E-state index contributed by atoms with van der Waals surface area (Å²) in [6.45, 7) is 4.69. The zero-order valence-electron chi connectivity index (χ0n) is 18.0. The molecule has 4 nitrogen and oxygen atoms in total. The lowest BCUT2D eigenvalue weighted by Gasteiger charge is -2.25. The number of anilines is 1. The predicted molar refractivity (Wildman–Crippen MR) is 123 cm³/mol. The molecule has 2 aliphatic heterocycles. The summed E-state index contributed by atoms with van der Waals surface area (Å²) in [7, 11) is 0. The summed E-state index contributed by atoms with van der Waals surface area (Å²) in [6.07, 6.45) is 9.28. The van der Waals surface area contributed by atoms with Crippen molar-refractivity contribution in [1.82, 2.24) is 4.90 Å². The first-order valence-electron chi connectivity index (χ1n) is 10.9. The van der Waals surface area contributed by atoms with Gasteiger partial charge in [-0.2, -0.15) is 0 Å². The molecule has 31 heavy (non-hydrogen) atoms. The van der Waals surface area contributed by atoms with E-state index in [4.69, 9.17) is 0 Å². The molecule has 0 saturated heterocycles. The van der Waals surface area contributed by atoms with E-state index in [0.717, 1.165) is 65.0 Å². The van der Waals surface area contributed by atoms with Crippen molar-refractivity contribution in [3.63, 3.8) is 0 Å². The highest BCUT2D eigenvalue weighted by atomic mass is 16.2. The number of rotatable bonds is 2. The van der Waals surface area contributed by atoms with Gasteiger partial charge in [-0.1, -0.05) is 36.4 Å². The predicted octanol–water partition coefficient (Wildman–Crippen LogP) is 5.74. The first-order valence-corrected chi connectivity index (χ1v) is 10.9. The number of fused-ring (bicyclic) bond motifs is 2. The highest BCUT2D eigenvalue weighted by Crippen LogP contribution is 2.37. The van der Waals surface area contributed by atoms with E-state index >= 15 is 0 Å². The van der Waals surface area contributed by atoms with Crippen molar-refractivity contribution in [3.8, 4) is 0 Å². The van der Waals surface area contributed by atoms with Gasteiger partial charge in [-0.05, 0) is 66.7 Å². The Balaban J connectivity index is 1.66. The lowest BCUT2D eigenvalue weighted by molar-refractivity contribution is -0.115. The highest BCUT2D eigenvalue weighted by Gasteiger charge is 2.29. The van der Waals surface area contributed by atoms with Gasteiger partial charge in [0.1, 0.15) is 0 Å². The van der Waals surface area contributed by atoms with Gasteiger partial charge in [-0.15, -0.1) is 0 Å². The summed E-state index contributed by atoms with van der Waals surface area (Å²) in [4.78, 5) is 30.5. The second-order valence-electron chi connectivity index (χ2n) is 8.52. The van der Waals surface area contributed by atoms with Crippen LogP contribution in [0, 0.1) is 6.92 Å². The maximum atomic E-state index is 14.0. The van der Waals surface area contributed by atoms with Crippen LogP contribution in [-0.2, 0) is 11.3 Å². The summed E-state index contributed by atoms with van der Waals surface area (Å²) in [5, 5.41) is 0.